The van der Waals surface area contributed by atoms with Gasteiger partial charge in [-0.05, 0) is 100 Å². The maximum absolute atomic E-state index is 12.4. The monoisotopic (exact) mass is 848 g/mol. The maximum Gasteiger partial charge on any atom is 0.314 e. The highest BCUT2D eigenvalue weighted by Gasteiger charge is 2.70. The molecule has 0 radical (unpaired) electrons. The van der Waals surface area contributed by atoms with Crippen LogP contribution in [-0.2, 0) is 80.9 Å². The molecule has 10 saturated carbocycles. The van der Waals surface area contributed by atoms with Crippen molar-refractivity contribution in [1.82, 2.24) is 0 Å². The van der Waals surface area contributed by atoms with E-state index in [2.05, 4.69) is 0 Å². The van der Waals surface area contributed by atoms with Crippen molar-refractivity contribution in [1.29, 1.82) is 0 Å². The van der Waals surface area contributed by atoms with Gasteiger partial charge in [0.2, 0.25) is 0 Å². The summed E-state index contributed by atoms with van der Waals surface area (Å²) in [6.07, 6.45) is 9.69. The first kappa shape index (κ1) is 44.2. The number of carbonyl (C=O) groups is 7. The second kappa shape index (κ2) is 17.5. The molecule has 17 nitrogen and oxygen atoms in total. The van der Waals surface area contributed by atoms with Crippen LogP contribution in [0.15, 0.2) is 0 Å². The number of methoxy groups -OCH3 is 3. The van der Waals surface area contributed by atoms with Gasteiger partial charge in [-0.25, -0.2) is 0 Å². The van der Waals surface area contributed by atoms with Crippen LogP contribution >= 0.6 is 0 Å². The van der Waals surface area contributed by atoms with Gasteiger partial charge in [0.05, 0.1) is 22.7 Å². The number of hydrogen-bond acceptors (Lipinski definition) is 17. The fraction of sp³-hybridized carbons (Fsp3) is 0.837. The Bertz CT molecular complexity index is 1660. The molecule has 0 aromatic rings. The van der Waals surface area contributed by atoms with E-state index in [1.807, 2.05) is 0 Å². The molecule has 1 heterocycles. The van der Waals surface area contributed by atoms with E-state index in [0.29, 0.717) is 42.4 Å². The van der Waals surface area contributed by atoms with Crippen LogP contribution in [0.3, 0.4) is 0 Å². The highest BCUT2D eigenvalue weighted by molar-refractivity contribution is 5.86. The number of fused-ring (bicyclic) bond motifs is 1. The molecule has 1 aliphatic heterocycles. The van der Waals surface area contributed by atoms with Gasteiger partial charge in [0, 0.05) is 60.4 Å². The van der Waals surface area contributed by atoms with E-state index in [1.54, 1.807) is 0 Å². The highest BCUT2D eigenvalue weighted by Crippen LogP contribution is 2.64. The lowest BCUT2D eigenvalue weighted by Gasteiger charge is -2.59. The van der Waals surface area contributed by atoms with Gasteiger partial charge in [-0.3, -0.25) is 33.6 Å². The Morgan fingerprint density at radius 2 is 1.13 bits per heavy atom. The predicted molar refractivity (Wildman–Crippen MR) is 201 cm³/mol. The Labute approximate surface area is 349 Å². The van der Waals surface area contributed by atoms with Gasteiger partial charge in [-0.1, -0.05) is 0 Å². The summed E-state index contributed by atoms with van der Waals surface area (Å²) in [5.74, 6) is -1.25. The van der Waals surface area contributed by atoms with Crippen molar-refractivity contribution in [2.75, 3.05) is 41.7 Å². The first-order valence-electron chi connectivity index (χ1n) is 21.3. The minimum atomic E-state index is -0.606. The first-order chi connectivity index (χ1) is 28.5. The van der Waals surface area contributed by atoms with E-state index in [9.17, 15) is 33.6 Å². The fourth-order valence-electron chi connectivity index (χ4n) is 13.9. The van der Waals surface area contributed by atoms with Crippen LogP contribution in [-0.4, -0.2) is 107 Å². The van der Waals surface area contributed by atoms with Crippen LogP contribution in [0.1, 0.15) is 97.8 Å². The number of hydrogen-bond donors (Lipinski definition) is 0. The maximum atomic E-state index is 12.4. The SMILES string of the molecule is COCOC(=O)C12CC3CC(C1)C(OC(C)=O)C(C3)C2.COCOC(=O)C12CC3CC(CC(OC(C)=O)(C3)C1)C2.COCOC(=O)C1C2CC3C(OC(=O)C31)C2OC(C)=O. The molecule has 0 N–H and O–H groups in total. The fourth-order valence-corrected chi connectivity index (χ4v) is 13.9. The summed E-state index contributed by atoms with van der Waals surface area (Å²) in [6.45, 7) is 4.08. The lowest BCUT2D eigenvalue weighted by Crippen LogP contribution is -2.60. The number of rotatable bonds is 12. The minimum Gasteiger partial charge on any atom is -0.462 e. The smallest absolute Gasteiger partial charge is 0.314 e. The lowest BCUT2D eigenvalue weighted by atomic mass is 9.48. The van der Waals surface area contributed by atoms with E-state index in [-0.39, 0.29) is 67.6 Å². The van der Waals surface area contributed by atoms with Gasteiger partial charge in [0.25, 0.3) is 0 Å². The van der Waals surface area contributed by atoms with Gasteiger partial charge >= 0.3 is 41.8 Å². The summed E-state index contributed by atoms with van der Waals surface area (Å²) in [4.78, 5) is 82.7. The molecule has 11 aliphatic rings. The average molecular weight is 849 g/mol. The molecular weight excluding hydrogens is 788 g/mol. The largest absolute Gasteiger partial charge is 0.462 e. The number of esters is 7. The van der Waals surface area contributed by atoms with Crippen LogP contribution in [0.25, 0.3) is 0 Å². The van der Waals surface area contributed by atoms with Crippen LogP contribution < -0.4 is 0 Å². The Morgan fingerprint density at radius 3 is 1.68 bits per heavy atom. The van der Waals surface area contributed by atoms with Crippen molar-refractivity contribution >= 4 is 41.8 Å². The number of ether oxygens (including phenoxy) is 10. The quantitative estimate of drug-likeness (QED) is 0.155. The standard InChI is InChI=1S/2C15H22O5.C13H16O7/c1-10(16)20-15-6-11-3-12(7-15)5-14(4-11,8-15)13(17)19-9-18-2;1-9(16)20-13-11-3-10-4-12(13)7-15(5-10,6-11)14(17)19-8-18-2;1-5(14)19-10-6-3-7-9(13(16)20-11(7)10)8(6)12(15)18-4-17-2/h11-12H,3-9H2,1-2H3;10-13H,3-8H2,1-2H3;6-11H,3-4H2,1-2H3. The Kier molecular flexibility index (Phi) is 12.9. The molecule has 0 aromatic carbocycles. The average Bonchev–Trinajstić information content (AvgIpc) is 3.80. The van der Waals surface area contributed by atoms with Gasteiger partial charge in [0.1, 0.15) is 23.9 Å². The third kappa shape index (κ3) is 8.51. The zero-order valence-corrected chi connectivity index (χ0v) is 35.5. The summed E-state index contributed by atoms with van der Waals surface area (Å²) >= 11 is 0. The highest BCUT2D eigenvalue weighted by atomic mass is 16.7. The zero-order valence-electron chi connectivity index (χ0n) is 35.5. The lowest BCUT2D eigenvalue weighted by molar-refractivity contribution is -0.215. The van der Waals surface area contributed by atoms with Crippen molar-refractivity contribution in [3.8, 4) is 0 Å². The van der Waals surface area contributed by atoms with Gasteiger partial charge in [0.15, 0.2) is 20.4 Å². The van der Waals surface area contributed by atoms with Crippen LogP contribution in [0.5, 0.6) is 0 Å². The van der Waals surface area contributed by atoms with Crippen molar-refractivity contribution in [3.05, 3.63) is 0 Å². The van der Waals surface area contributed by atoms with E-state index < -0.39 is 53.0 Å². The van der Waals surface area contributed by atoms with Crippen LogP contribution in [0.2, 0.25) is 0 Å². The molecule has 0 spiro atoms. The summed E-state index contributed by atoms with van der Waals surface area (Å²) in [6, 6.07) is 0. The Hall–Kier alpha value is -3.83. The first-order valence-corrected chi connectivity index (χ1v) is 21.3. The van der Waals surface area contributed by atoms with E-state index >= 15 is 0 Å². The molecule has 11 rings (SSSR count). The molecule has 1 saturated heterocycles. The predicted octanol–water partition coefficient (Wildman–Crippen LogP) is 3.80. The van der Waals surface area contributed by atoms with Crippen molar-refractivity contribution in [2.24, 2.45) is 64.1 Å². The molecule has 334 valence electrons. The third-order valence-electron chi connectivity index (χ3n) is 14.8. The van der Waals surface area contributed by atoms with Crippen LogP contribution in [0, 0.1) is 64.1 Å². The molecule has 10 unspecified atom stereocenters. The molecule has 10 aliphatic carbocycles. The normalized spacial score (nSPS) is 41.2. The van der Waals surface area contributed by atoms with Gasteiger partial charge in [-0.15, -0.1) is 0 Å². The van der Waals surface area contributed by atoms with E-state index in [0.717, 1.165) is 64.2 Å². The van der Waals surface area contributed by atoms with Gasteiger partial charge < -0.3 is 47.4 Å². The topological polar surface area (TPSA) is 212 Å². The van der Waals surface area contributed by atoms with Gasteiger partial charge in [-0.2, -0.15) is 0 Å². The van der Waals surface area contributed by atoms with Crippen LogP contribution in [0.4, 0.5) is 0 Å². The Balaban J connectivity index is 0.000000136. The number of carbonyl (C=O) groups excluding carboxylic acids is 7. The van der Waals surface area contributed by atoms with E-state index in [1.165, 1.54) is 42.1 Å². The molecule has 10 bridgehead atoms. The molecule has 17 heteroatoms. The minimum absolute atomic E-state index is 0.00349. The van der Waals surface area contributed by atoms with Crippen molar-refractivity contribution in [3.63, 3.8) is 0 Å². The molecular formula is C43H60O17. The van der Waals surface area contributed by atoms with Crippen molar-refractivity contribution in [2.45, 2.75) is 122 Å². The summed E-state index contributed by atoms with van der Waals surface area (Å²) in [5, 5.41) is 0. The summed E-state index contributed by atoms with van der Waals surface area (Å²) < 4.78 is 51.5. The van der Waals surface area contributed by atoms with Crippen molar-refractivity contribution < 1.29 is 80.9 Å². The molecule has 0 amide bonds. The zero-order chi connectivity index (χ0) is 43.1. The van der Waals surface area contributed by atoms with E-state index in [4.69, 9.17) is 47.4 Å². The summed E-state index contributed by atoms with van der Waals surface area (Å²) in [7, 11) is 4.44. The molecule has 10 atom stereocenters. The second-order valence-corrected chi connectivity index (χ2v) is 19.0. The third-order valence-corrected chi connectivity index (χ3v) is 14.8. The second-order valence-electron chi connectivity index (χ2n) is 19.0. The Morgan fingerprint density at radius 1 is 0.600 bits per heavy atom. The molecule has 11 fully saturated rings. The molecule has 0 aromatic heterocycles. The summed E-state index contributed by atoms with van der Waals surface area (Å²) in [5.41, 5.74) is -1.24. The molecule has 60 heavy (non-hydrogen) atoms.